The molecule has 1 N–H and O–H groups in total. The largest absolute Gasteiger partial charge is 0.496 e. The molecule has 0 bridgehead atoms. The van der Waals surface area contributed by atoms with Gasteiger partial charge in [0.2, 0.25) is 0 Å². The zero-order valence-electron chi connectivity index (χ0n) is 13.7. The molecule has 2 aromatic rings. The van der Waals surface area contributed by atoms with Crippen molar-refractivity contribution in [3.05, 3.63) is 64.2 Å². The highest BCUT2D eigenvalue weighted by molar-refractivity contribution is 5.47. The molecule has 1 atom stereocenters. The van der Waals surface area contributed by atoms with E-state index in [2.05, 4.69) is 62.5 Å². The van der Waals surface area contributed by atoms with E-state index in [9.17, 15) is 0 Å². The van der Waals surface area contributed by atoms with Crippen LogP contribution in [0, 0.1) is 20.8 Å². The lowest BCUT2D eigenvalue weighted by molar-refractivity contribution is 0.397. The molecule has 0 amide bonds. The van der Waals surface area contributed by atoms with E-state index in [1.54, 1.807) is 7.11 Å². The first-order chi connectivity index (χ1) is 10.1. The van der Waals surface area contributed by atoms with Gasteiger partial charge in [0.05, 0.1) is 7.11 Å². The summed E-state index contributed by atoms with van der Waals surface area (Å²) >= 11 is 0. The van der Waals surface area contributed by atoms with Crippen molar-refractivity contribution in [3.63, 3.8) is 0 Å². The lowest BCUT2D eigenvalue weighted by Gasteiger charge is -2.22. The summed E-state index contributed by atoms with van der Waals surface area (Å²) in [5.41, 5.74) is 6.36. The molecule has 0 heterocycles. The molecule has 2 aromatic carbocycles. The lowest BCUT2D eigenvalue weighted by Crippen LogP contribution is -2.20. The molecular formula is C19H25NO. The minimum Gasteiger partial charge on any atom is -0.496 e. The van der Waals surface area contributed by atoms with E-state index in [0.29, 0.717) is 0 Å². The van der Waals surface area contributed by atoms with Crippen LogP contribution >= 0.6 is 0 Å². The highest BCUT2D eigenvalue weighted by Crippen LogP contribution is 2.32. The average molecular weight is 283 g/mol. The van der Waals surface area contributed by atoms with Crippen molar-refractivity contribution in [2.45, 2.75) is 33.2 Å². The summed E-state index contributed by atoms with van der Waals surface area (Å²) in [6.45, 7) is 6.38. The number of benzene rings is 2. The van der Waals surface area contributed by atoms with Crippen LogP contribution in [0.15, 0.2) is 36.4 Å². The van der Waals surface area contributed by atoms with Crippen LogP contribution in [0.2, 0.25) is 0 Å². The fraction of sp³-hybridized carbons (Fsp3) is 0.368. The number of rotatable bonds is 5. The molecule has 2 nitrogen and oxygen atoms in total. The summed E-state index contributed by atoms with van der Waals surface area (Å²) in [6, 6.07) is 13.3. The standard InChI is InChI=1S/C19H25NO/c1-13-7-6-8-16(11-13)12-18(20-4)17-10-9-14(2)15(3)19(17)21-5/h6-11,18,20H,12H2,1-5H3. The van der Waals surface area contributed by atoms with Crippen LogP contribution in [0.1, 0.15) is 33.9 Å². The van der Waals surface area contributed by atoms with Gasteiger partial charge in [0.25, 0.3) is 0 Å². The van der Waals surface area contributed by atoms with Crippen LogP contribution in [0.4, 0.5) is 0 Å². The second kappa shape index (κ2) is 6.77. The maximum absolute atomic E-state index is 5.66. The highest BCUT2D eigenvalue weighted by atomic mass is 16.5. The van der Waals surface area contributed by atoms with Crippen molar-refractivity contribution in [1.82, 2.24) is 5.32 Å². The molecule has 1 unspecified atom stereocenters. The van der Waals surface area contributed by atoms with Gasteiger partial charge in [-0.3, -0.25) is 0 Å². The minimum atomic E-state index is 0.251. The van der Waals surface area contributed by atoms with E-state index < -0.39 is 0 Å². The molecule has 21 heavy (non-hydrogen) atoms. The molecule has 0 saturated carbocycles. The summed E-state index contributed by atoms with van der Waals surface area (Å²) in [4.78, 5) is 0. The molecule has 0 saturated heterocycles. The quantitative estimate of drug-likeness (QED) is 0.891. The van der Waals surface area contributed by atoms with Crippen LogP contribution in [-0.4, -0.2) is 14.2 Å². The van der Waals surface area contributed by atoms with Gasteiger partial charge in [-0.1, -0.05) is 42.0 Å². The zero-order valence-corrected chi connectivity index (χ0v) is 13.7. The summed E-state index contributed by atoms with van der Waals surface area (Å²) < 4.78 is 5.66. The molecule has 0 fully saturated rings. The van der Waals surface area contributed by atoms with E-state index in [-0.39, 0.29) is 6.04 Å². The molecule has 0 radical (unpaired) electrons. The van der Waals surface area contributed by atoms with Gasteiger partial charge in [-0.05, 0) is 50.9 Å². The van der Waals surface area contributed by atoms with E-state index in [1.807, 2.05) is 7.05 Å². The van der Waals surface area contributed by atoms with Crippen LogP contribution in [0.3, 0.4) is 0 Å². The van der Waals surface area contributed by atoms with Gasteiger partial charge in [0.1, 0.15) is 5.75 Å². The summed E-state index contributed by atoms with van der Waals surface area (Å²) in [5, 5.41) is 3.43. The third kappa shape index (κ3) is 3.45. The van der Waals surface area contributed by atoms with Gasteiger partial charge in [-0.2, -0.15) is 0 Å². The number of nitrogens with one attached hydrogen (secondary N) is 1. The Bertz CT molecular complexity index is 619. The first-order valence-corrected chi connectivity index (χ1v) is 7.43. The van der Waals surface area contributed by atoms with E-state index in [1.165, 1.54) is 27.8 Å². The molecule has 2 heteroatoms. The van der Waals surface area contributed by atoms with Crippen LogP contribution in [0.25, 0.3) is 0 Å². The average Bonchev–Trinajstić information content (AvgIpc) is 2.48. The lowest BCUT2D eigenvalue weighted by atomic mass is 9.94. The third-order valence-electron chi connectivity index (χ3n) is 4.16. The van der Waals surface area contributed by atoms with Crippen LogP contribution in [-0.2, 0) is 6.42 Å². The van der Waals surface area contributed by atoms with Crippen molar-refractivity contribution >= 4 is 0 Å². The first kappa shape index (κ1) is 15.6. The van der Waals surface area contributed by atoms with Gasteiger partial charge >= 0.3 is 0 Å². The Kier molecular flexibility index (Phi) is 5.03. The number of likely N-dealkylation sites (N-methyl/N-ethyl adjacent to an activating group) is 1. The maximum Gasteiger partial charge on any atom is 0.126 e. The van der Waals surface area contributed by atoms with Crippen molar-refractivity contribution in [2.75, 3.05) is 14.2 Å². The van der Waals surface area contributed by atoms with Crippen LogP contribution < -0.4 is 10.1 Å². The smallest absolute Gasteiger partial charge is 0.126 e. The monoisotopic (exact) mass is 283 g/mol. The molecular weight excluding hydrogens is 258 g/mol. The van der Waals surface area contributed by atoms with Crippen LogP contribution in [0.5, 0.6) is 5.75 Å². The molecule has 0 aliphatic rings. The van der Waals surface area contributed by atoms with Gasteiger partial charge in [-0.25, -0.2) is 0 Å². The number of aryl methyl sites for hydroxylation is 2. The first-order valence-electron chi connectivity index (χ1n) is 7.43. The Morgan fingerprint density at radius 2 is 1.86 bits per heavy atom. The second-order valence-corrected chi connectivity index (χ2v) is 5.66. The zero-order chi connectivity index (χ0) is 15.4. The molecule has 0 spiro atoms. The van der Waals surface area contributed by atoms with Gasteiger partial charge < -0.3 is 10.1 Å². The number of ether oxygens (including phenoxy) is 1. The minimum absolute atomic E-state index is 0.251. The maximum atomic E-state index is 5.66. The SMILES string of the molecule is CNC(Cc1cccc(C)c1)c1ccc(C)c(C)c1OC. The fourth-order valence-electron chi connectivity index (χ4n) is 2.80. The van der Waals surface area contributed by atoms with Gasteiger partial charge in [0.15, 0.2) is 0 Å². The van der Waals surface area contributed by atoms with Crippen molar-refractivity contribution in [3.8, 4) is 5.75 Å². The molecule has 0 aliphatic heterocycles. The normalized spacial score (nSPS) is 12.2. The van der Waals surface area contributed by atoms with E-state index in [4.69, 9.17) is 4.74 Å². The number of hydrogen-bond acceptors (Lipinski definition) is 2. The molecule has 0 aliphatic carbocycles. The Morgan fingerprint density at radius 1 is 1.10 bits per heavy atom. The highest BCUT2D eigenvalue weighted by Gasteiger charge is 2.17. The molecule has 112 valence electrons. The second-order valence-electron chi connectivity index (χ2n) is 5.66. The van der Waals surface area contributed by atoms with Gasteiger partial charge in [-0.15, -0.1) is 0 Å². The number of methoxy groups -OCH3 is 1. The Balaban J connectivity index is 2.36. The Hall–Kier alpha value is -1.80. The summed E-state index contributed by atoms with van der Waals surface area (Å²) in [5.74, 6) is 1.00. The molecule has 0 aromatic heterocycles. The number of hydrogen-bond donors (Lipinski definition) is 1. The summed E-state index contributed by atoms with van der Waals surface area (Å²) in [6.07, 6.45) is 0.955. The van der Waals surface area contributed by atoms with E-state index in [0.717, 1.165) is 12.2 Å². The van der Waals surface area contributed by atoms with Crippen molar-refractivity contribution in [2.24, 2.45) is 0 Å². The predicted octanol–water partition coefficient (Wildman–Crippen LogP) is 4.12. The Morgan fingerprint density at radius 3 is 2.48 bits per heavy atom. The predicted molar refractivity (Wildman–Crippen MR) is 89.2 cm³/mol. The topological polar surface area (TPSA) is 21.3 Å². The summed E-state index contributed by atoms with van der Waals surface area (Å²) in [7, 11) is 3.76. The van der Waals surface area contributed by atoms with Crippen molar-refractivity contribution < 1.29 is 4.74 Å². The third-order valence-corrected chi connectivity index (χ3v) is 4.16. The Labute approximate surface area is 128 Å². The van der Waals surface area contributed by atoms with E-state index >= 15 is 0 Å². The molecule has 2 rings (SSSR count). The fourth-order valence-corrected chi connectivity index (χ4v) is 2.80. The van der Waals surface area contributed by atoms with Crippen molar-refractivity contribution in [1.29, 1.82) is 0 Å². The van der Waals surface area contributed by atoms with Gasteiger partial charge in [0, 0.05) is 11.6 Å².